The van der Waals surface area contributed by atoms with Crippen LogP contribution in [0.4, 0.5) is 5.13 Å². The molecule has 1 aliphatic heterocycles. The number of sulfonamides is 1. The SMILES string of the molecule is O=C(CSc1nnc(NC(=O)c2ccc(S(=O)(=O)N3CCCCC3)cc2)s1)NC1CCCCC1. The maximum absolute atomic E-state index is 12.8. The average Bonchev–Trinajstić information content (AvgIpc) is 3.31. The summed E-state index contributed by atoms with van der Waals surface area (Å²) in [6.45, 7) is 1.06. The average molecular weight is 524 g/mol. The first kappa shape index (κ1) is 25.1. The van der Waals surface area contributed by atoms with Crippen molar-refractivity contribution in [3.8, 4) is 0 Å². The van der Waals surface area contributed by atoms with Crippen molar-refractivity contribution >= 4 is 50.1 Å². The summed E-state index contributed by atoms with van der Waals surface area (Å²) in [4.78, 5) is 24.9. The third-order valence-electron chi connectivity index (χ3n) is 5.99. The standard InChI is InChI=1S/C22H29N5O4S3/c28-19(23-17-7-3-1-4-8-17)15-32-22-26-25-21(33-22)24-20(29)16-9-11-18(12-10-16)34(30,31)27-13-5-2-6-14-27/h9-12,17H,1-8,13-15H2,(H,23,28)(H,24,25,29). The summed E-state index contributed by atoms with van der Waals surface area (Å²) in [5.74, 6) is -0.159. The van der Waals surface area contributed by atoms with E-state index in [1.54, 1.807) is 0 Å². The Kier molecular flexibility index (Phi) is 8.56. The molecule has 1 aliphatic carbocycles. The van der Waals surface area contributed by atoms with Gasteiger partial charge < -0.3 is 5.32 Å². The number of amides is 2. The summed E-state index contributed by atoms with van der Waals surface area (Å²) < 4.78 is 27.6. The molecule has 4 rings (SSSR count). The lowest BCUT2D eigenvalue weighted by molar-refractivity contribution is -0.119. The number of nitrogens with zero attached hydrogens (tertiary/aromatic N) is 3. The van der Waals surface area contributed by atoms with Crippen LogP contribution in [0.2, 0.25) is 0 Å². The Morgan fingerprint density at radius 1 is 1.00 bits per heavy atom. The number of carbonyl (C=O) groups is 2. The number of nitrogens with one attached hydrogen (secondary N) is 2. The number of benzene rings is 1. The Bertz CT molecular complexity index is 1090. The van der Waals surface area contributed by atoms with Gasteiger partial charge in [-0.2, -0.15) is 4.31 Å². The molecule has 2 amide bonds. The maximum atomic E-state index is 12.8. The van der Waals surface area contributed by atoms with Crippen LogP contribution in [0.5, 0.6) is 0 Å². The lowest BCUT2D eigenvalue weighted by Crippen LogP contribution is -2.37. The molecule has 2 heterocycles. The minimum Gasteiger partial charge on any atom is -0.353 e. The zero-order valence-electron chi connectivity index (χ0n) is 18.9. The fraction of sp³-hybridized carbons (Fsp3) is 0.545. The van der Waals surface area contributed by atoms with E-state index in [9.17, 15) is 18.0 Å². The van der Waals surface area contributed by atoms with Gasteiger partial charge in [-0.3, -0.25) is 14.9 Å². The van der Waals surface area contributed by atoms with Crippen LogP contribution < -0.4 is 10.6 Å². The highest BCUT2D eigenvalue weighted by Crippen LogP contribution is 2.26. The number of aromatic nitrogens is 2. The van der Waals surface area contributed by atoms with Gasteiger partial charge in [0.15, 0.2) is 4.34 Å². The highest BCUT2D eigenvalue weighted by Gasteiger charge is 2.26. The van der Waals surface area contributed by atoms with Crippen molar-refractivity contribution < 1.29 is 18.0 Å². The van der Waals surface area contributed by atoms with Crippen molar-refractivity contribution in [1.82, 2.24) is 19.8 Å². The third-order valence-corrected chi connectivity index (χ3v) is 9.88. The van der Waals surface area contributed by atoms with Crippen LogP contribution in [0, 0.1) is 0 Å². The zero-order chi connectivity index (χ0) is 24.0. The predicted octanol–water partition coefficient (Wildman–Crippen LogP) is 3.51. The van der Waals surface area contributed by atoms with Crippen molar-refractivity contribution in [2.24, 2.45) is 0 Å². The topological polar surface area (TPSA) is 121 Å². The molecule has 2 aromatic rings. The van der Waals surface area contributed by atoms with Gasteiger partial charge >= 0.3 is 0 Å². The number of hydrogen-bond acceptors (Lipinski definition) is 8. The van der Waals surface area contributed by atoms with Crippen molar-refractivity contribution in [2.45, 2.75) is 66.6 Å². The van der Waals surface area contributed by atoms with Gasteiger partial charge in [0.25, 0.3) is 5.91 Å². The molecule has 2 aliphatic rings. The summed E-state index contributed by atoms with van der Waals surface area (Å²) in [7, 11) is -3.54. The Morgan fingerprint density at radius 2 is 1.68 bits per heavy atom. The highest BCUT2D eigenvalue weighted by molar-refractivity contribution is 8.01. The normalized spacial score (nSPS) is 17.9. The second-order valence-corrected chi connectivity index (χ2v) is 12.6. The second kappa shape index (κ2) is 11.6. The van der Waals surface area contributed by atoms with Crippen molar-refractivity contribution in [1.29, 1.82) is 0 Å². The molecule has 0 unspecified atom stereocenters. The van der Waals surface area contributed by atoms with Crippen LogP contribution in [-0.2, 0) is 14.8 Å². The number of carbonyl (C=O) groups excluding carboxylic acids is 2. The van der Waals surface area contributed by atoms with Gasteiger partial charge in [-0.15, -0.1) is 10.2 Å². The van der Waals surface area contributed by atoms with Crippen LogP contribution >= 0.6 is 23.1 Å². The Balaban J connectivity index is 1.28. The monoisotopic (exact) mass is 523 g/mol. The molecule has 0 atom stereocenters. The molecule has 1 aromatic carbocycles. The molecule has 0 spiro atoms. The molecule has 2 fully saturated rings. The van der Waals surface area contributed by atoms with E-state index in [-0.39, 0.29) is 22.6 Å². The second-order valence-electron chi connectivity index (χ2n) is 8.51. The van der Waals surface area contributed by atoms with Gasteiger partial charge in [0.1, 0.15) is 0 Å². The van der Waals surface area contributed by atoms with E-state index in [0.717, 1.165) is 44.9 Å². The van der Waals surface area contributed by atoms with Gasteiger partial charge in [-0.05, 0) is 49.9 Å². The van der Waals surface area contributed by atoms with E-state index in [2.05, 4.69) is 20.8 Å². The van der Waals surface area contributed by atoms with Crippen molar-refractivity contribution in [3.05, 3.63) is 29.8 Å². The van der Waals surface area contributed by atoms with E-state index in [0.29, 0.717) is 28.1 Å². The van der Waals surface area contributed by atoms with E-state index in [4.69, 9.17) is 0 Å². The van der Waals surface area contributed by atoms with Crippen molar-refractivity contribution in [2.75, 3.05) is 24.2 Å². The number of anilines is 1. The first-order valence-electron chi connectivity index (χ1n) is 11.6. The summed E-state index contributed by atoms with van der Waals surface area (Å²) in [5, 5.41) is 14.1. The predicted molar refractivity (Wildman–Crippen MR) is 133 cm³/mol. The van der Waals surface area contributed by atoms with Gasteiger partial charge in [0, 0.05) is 24.7 Å². The molecule has 12 heteroatoms. The molecular weight excluding hydrogens is 494 g/mol. The van der Waals surface area contributed by atoms with E-state index < -0.39 is 15.9 Å². The van der Waals surface area contributed by atoms with E-state index in [1.165, 1.54) is 58.1 Å². The summed E-state index contributed by atoms with van der Waals surface area (Å²) in [6, 6.07) is 6.19. The molecule has 34 heavy (non-hydrogen) atoms. The molecule has 0 radical (unpaired) electrons. The molecule has 184 valence electrons. The largest absolute Gasteiger partial charge is 0.353 e. The summed E-state index contributed by atoms with van der Waals surface area (Å²) in [6.07, 6.45) is 8.42. The fourth-order valence-electron chi connectivity index (χ4n) is 4.16. The fourth-order valence-corrected chi connectivity index (χ4v) is 7.24. The lowest BCUT2D eigenvalue weighted by atomic mass is 9.95. The molecule has 1 aromatic heterocycles. The first-order chi connectivity index (χ1) is 16.4. The summed E-state index contributed by atoms with van der Waals surface area (Å²) >= 11 is 2.49. The number of rotatable bonds is 8. The van der Waals surface area contributed by atoms with Crippen LogP contribution in [0.3, 0.4) is 0 Å². The van der Waals surface area contributed by atoms with E-state index >= 15 is 0 Å². The molecule has 9 nitrogen and oxygen atoms in total. The smallest absolute Gasteiger partial charge is 0.257 e. The molecule has 2 N–H and O–H groups in total. The van der Waals surface area contributed by atoms with Gasteiger partial charge in [0.05, 0.1) is 10.6 Å². The van der Waals surface area contributed by atoms with Crippen LogP contribution in [0.1, 0.15) is 61.7 Å². The van der Waals surface area contributed by atoms with Crippen molar-refractivity contribution in [3.63, 3.8) is 0 Å². The Hall–Kier alpha value is -2.02. The zero-order valence-corrected chi connectivity index (χ0v) is 21.3. The quantitative estimate of drug-likeness (QED) is 0.401. The molecular formula is C22H29N5O4S3. The Labute approximate surface area is 208 Å². The highest BCUT2D eigenvalue weighted by atomic mass is 32.2. The minimum atomic E-state index is -3.54. The maximum Gasteiger partial charge on any atom is 0.257 e. The Morgan fingerprint density at radius 3 is 2.38 bits per heavy atom. The minimum absolute atomic E-state index is 0.0164. The molecule has 1 saturated carbocycles. The number of hydrogen-bond donors (Lipinski definition) is 2. The summed E-state index contributed by atoms with van der Waals surface area (Å²) in [5.41, 5.74) is 0.328. The van der Waals surface area contributed by atoms with Crippen LogP contribution in [0.25, 0.3) is 0 Å². The van der Waals surface area contributed by atoms with E-state index in [1.807, 2.05) is 0 Å². The molecule has 0 bridgehead atoms. The molecule has 1 saturated heterocycles. The van der Waals surface area contributed by atoms with Crippen LogP contribution in [0.15, 0.2) is 33.5 Å². The van der Waals surface area contributed by atoms with Gasteiger partial charge in [0.2, 0.25) is 21.1 Å². The lowest BCUT2D eigenvalue weighted by Gasteiger charge is -2.25. The first-order valence-corrected chi connectivity index (χ1v) is 14.8. The third kappa shape index (κ3) is 6.55. The van der Waals surface area contributed by atoms with Gasteiger partial charge in [-0.25, -0.2) is 8.42 Å². The number of piperidine rings is 1. The number of thioether (sulfide) groups is 1. The van der Waals surface area contributed by atoms with Gasteiger partial charge in [-0.1, -0.05) is 48.8 Å². The van der Waals surface area contributed by atoms with Crippen LogP contribution in [-0.4, -0.2) is 59.6 Å².